The van der Waals surface area contributed by atoms with Crippen molar-refractivity contribution in [1.82, 2.24) is 14.8 Å². The standard InChI is InChI=1S/C33H34FN5O4/c1-3-38-12-14-39(15-13-38)21(2)27-9-4-22-18-23(5-10-28(22)36-27)33(41)37-29-20-25(7-8-26(29)34)35-32(40)24-6-11-30-31(19-24)43-17-16-42-30/h4-11,18-21H,3,12-17H2,1-2H3,(H,35,40)(H,37,41). The number of likely N-dealkylation sites (N-methyl/N-ethyl adjacent to an activating group) is 1. The zero-order valence-electron chi connectivity index (χ0n) is 24.2. The number of anilines is 2. The summed E-state index contributed by atoms with van der Waals surface area (Å²) in [5.74, 6) is -0.420. The lowest BCUT2D eigenvalue weighted by molar-refractivity contribution is 0.101. The summed E-state index contributed by atoms with van der Waals surface area (Å²) in [6, 6.07) is 18.3. The van der Waals surface area contributed by atoms with Crippen LogP contribution in [0.2, 0.25) is 0 Å². The Labute approximate surface area is 249 Å². The van der Waals surface area contributed by atoms with Gasteiger partial charge in [0.05, 0.1) is 16.9 Å². The van der Waals surface area contributed by atoms with Crippen LogP contribution in [0.4, 0.5) is 15.8 Å². The number of piperazine rings is 1. The van der Waals surface area contributed by atoms with Gasteiger partial charge in [0, 0.05) is 54.4 Å². The van der Waals surface area contributed by atoms with Gasteiger partial charge in [-0.25, -0.2) is 4.39 Å². The number of carbonyl (C=O) groups is 2. The first-order chi connectivity index (χ1) is 20.9. The van der Waals surface area contributed by atoms with Crippen molar-refractivity contribution in [3.8, 4) is 11.5 Å². The molecule has 2 amide bonds. The lowest BCUT2D eigenvalue weighted by atomic mass is 10.1. The molecule has 43 heavy (non-hydrogen) atoms. The van der Waals surface area contributed by atoms with Gasteiger partial charge in [-0.05, 0) is 74.1 Å². The van der Waals surface area contributed by atoms with Crippen molar-refractivity contribution >= 4 is 34.1 Å². The minimum atomic E-state index is -0.619. The second kappa shape index (κ2) is 12.4. The van der Waals surface area contributed by atoms with E-state index in [4.69, 9.17) is 14.5 Å². The van der Waals surface area contributed by atoms with Gasteiger partial charge in [-0.15, -0.1) is 0 Å². The average molecular weight is 584 g/mol. The van der Waals surface area contributed by atoms with E-state index in [1.54, 1.807) is 30.3 Å². The molecule has 3 heterocycles. The lowest BCUT2D eigenvalue weighted by Crippen LogP contribution is -2.46. The average Bonchev–Trinajstić information content (AvgIpc) is 3.05. The largest absolute Gasteiger partial charge is 0.486 e. The molecule has 1 aromatic heterocycles. The molecule has 222 valence electrons. The van der Waals surface area contributed by atoms with Crippen LogP contribution in [0, 0.1) is 5.82 Å². The quantitative estimate of drug-likeness (QED) is 0.303. The van der Waals surface area contributed by atoms with Crippen molar-refractivity contribution < 1.29 is 23.5 Å². The van der Waals surface area contributed by atoms with Crippen LogP contribution >= 0.6 is 0 Å². The van der Waals surface area contributed by atoms with E-state index in [1.807, 2.05) is 18.2 Å². The van der Waals surface area contributed by atoms with Gasteiger partial charge in [-0.1, -0.05) is 13.0 Å². The third-order valence-electron chi connectivity index (χ3n) is 8.08. The van der Waals surface area contributed by atoms with E-state index in [2.05, 4.69) is 34.3 Å². The summed E-state index contributed by atoms with van der Waals surface area (Å²) < 4.78 is 25.7. The van der Waals surface area contributed by atoms with Gasteiger partial charge >= 0.3 is 0 Å². The Hall–Kier alpha value is -4.54. The van der Waals surface area contributed by atoms with Crippen LogP contribution in [0.3, 0.4) is 0 Å². The number of fused-ring (bicyclic) bond motifs is 2. The molecule has 1 unspecified atom stereocenters. The van der Waals surface area contributed by atoms with Crippen molar-refractivity contribution in [2.75, 3.05) is 56.6 Å². The molecule has 1 fully saturated rings. The Morgan fingerprint density at radius 3 is 2.37 bits per heavy atom. The minimum Gasteiger partial charge on any atom is -0.486 e. The highest BCUT2D eigenvalue weighted by Gasteiger charge is 2.22. The molecule has 3 aromatic carbocycles. The fraction of sp³-hybridized carbons (Fsp3) is 0.303. The molecule has 0 bridgehead atoms. The van der Waals surface area contributed by atoms with Crippen LogP contribution in [0.25, 0.3) is 10.9 Å². The highest BCUT2D eigenvalue weighted by atomic mass is 19.1. The number of carbonyl (C=O) groups excluding carboxylic acids is 2. The fourth-order valence-electron chi connectivity index (χ4n) is 5.45. The summed E-state index contributed by atoms with van der Waals surface area (Å²) in [5, 5.41) is 6.20. The molecule has 1 saturated heterocycles. The first-order valence-electron chi connectivity index (χ1n) is 14.6. The van der Waals surface area contributed by atoms with E-state index in [0.717, 1.165) is 49.3 Å². The summed E-state index contributed by atoms with van der Waals surface area (Å²) in [6.07, 6.45) is 0. The number of halogens is 1. The van der Waals surface area contributed by atoms with E-state index >= 15 is 0 Å². The number of hydrogen-bond donors (Lipinski definition) is 2. The van der Waals surface area contributed by atoms with Gasteiger partial charge in [0.1, 0.15) is 19.0 Å². The predicted octanol–water partition coefficient (Wildman–Crippen LogP) is 5.35. The molecule has 2 aliphatic rings. The Bertz CT molecular complexity index is 1670. The van der Waals surface area contributed by atoms with Crippen molar-refractivity contribution in [3.05, 3.63) is 89.4 Å². The number of hydrogen-bond acceptors (Lipinski definition) is 7. The summed E-state index contributed by atoms with van der Waals surface area (Å²) in [7, 11) is 0. The Morgan fingerprint density at radius 2 is 1.58 bits per heavy atom. The first kappa shape index (κ1) is 28.6. The number of aromatic nitrogens is 1. The van der Waals surface area contributed by atoms with Gasteiger partial charge < -0.3 is 25.0 Å². The van der Waals surface area contributed by atoms with Crippen LogP contribution in [0.1, 0.15) is 46.3 Å². The third kappa shape index (κ3) is 6.30. The van der Waals surface area contributed by atoms with Crippen molar-refractivity contribution in [2.24, 2.45) is 0 Å². The van der Waals surface area contributed by atoms with Gasteiger partial charge in [-0.2, -0.15) is 0 Å². The normalized spacial score (nSPS) is 16.1. The Morgan fingerprint density at radius 1 is 0.860 bits per heavy atom. The number of benzene rings is 3. The topological polar surface area (TPSA) is 96.0 Å². The number of nitrogens with zero attached hydrogens (tertiary/aromatic N) is 3. The lowest BCUT2D eigenvalue weighted by Gasteiger charge is -2.37. The van der Waals surface area contributed by atoms with Crippen molar-refractivity contribution in [1.29, 1.82) is 0 Å². The maximum atomic E-state index is 14.7. The molecule has 2 aliphatic heterocycles. The summed E-state index contributed by atoms with van der Waals surface area (Å²) in [5.41, 5.74) is 2.80. The Balaban J connectivity index is 1.13. The summed E-state index contributed by atoms with van der Waals surface area (Å²) in [6.45, 7) is 10.4. The first-order valence-corrected chi connectivity index (χ1v) is 14.6. The maximum absolute atomic E-state index is 14.7. The molecule has 0 radical (unpaired) electrons. The molecule has 0 aliphatic carbocycles. The van der Waals surface area contributed by atoms with E-state index < -0.39 is 17.6 Å². The summed E-state index contributed by atoms with van der Waals surface area (Å²) in [4.78, 5) is 35.7. The zero-order chi connectivity index (χ0) is 29.9. The number of nitrogens with one attached hydrogen (secondary N) is 2. The predicted molar refractivity (Wildman–Crippen MR) is 164 cm³/mol. The van der Waals surface area contributed by atoms with Crippen molar-refractivity contribution in [2.45, 2.75) is 19.9 Å². The fourth-order valence-corrected chi connectivity index (χ4v) is 5.45. The molecular weight excluding hydrogens is 549 g/mol. The molecule has 4 aromatic rings. The maximum Gasteiger partial charge on any atom is 0.255 e. The molecule has 2 N–H and O–H groups in total. The minimum absolute atomic E-state index is 0.0458. The van der Waals surface area contributed by atoms with Crippen molar-refractivity contribution in [3.63, 3.8) is 0 Å². The van der Waals surface area contributed by atoms with Gasteiger partial charge in [0.2, 0.25) is 0 Å². The van der Waals surface area contributed by atoms with Crippen LogP contribution in [-0.2, 0) is 0 Å². The molecule has 9 nitrogen and oxygen atoms in total. The molecule has 6 rings (SSSR count). The zero-order valence-corrected chi connectivity index (χ0v) is 24.2. The molecule has 0 saturated carbocycles. The number of amides is 2. The second-order valence-corrected chi connectivity index (χ2v) is 10.8. The van der Waals surface area contributed by atoms with E-state index in [-0.39, 0.29) is 11.7 Å². The molecular formula is C33H34FN5O4. The van der Waals surface area contributed by atoms with Gasteiger partial charge in [0.25, 0.3) is 11.8 Å². The third-order valence-corrected chi connectivity index (χ3v) is 8.08. The molecule has 1 atom stereocenters. The SMILES string of the molecule is CCN1CCN(C(C)c2ccc3cc(C(=O)Nc4cc(NC(=O)c5ccc6c(c5)OCCO6)ccc4F)ccc3n2)CC1. The van der Waals surface area contributed by atoms with Gasteiger partial charge in [0.15, 0.2) is 11.5 Å². The monoisotopic (exact) mass is 583 g/mol. The molecule has 0 spiro atoms. The van der Waals surface area contributed by atoms with E-state index in [0.29, 0.717) is 41.5 Å². The van der Waals surface area contributed by atoms with Crippen LogP contribution in [-0.4, -0.2) is 72.5 Å². The molecule has 10 heteroatoms. The van der Waals surface area contributed by atoms with E-state index in [9.17, 15) is 14.0 Å². The highest BCUT2D eigenvalue weighted by molar-refractivity contribution is 6.07. The van der Waals surface area contributed by atoms with E-state index in [1.165, 1.54) is 18.2 Å². The van der Waals surface area contributed by atoms with Gasteiger partial charge in [-0.3, -0.25) is 19.5 Å². The van der Waals surface area contributed by atoms with Crippen LogP contribution in [0.15, 0.2) is 66.7 Å². The number of rotatable bonds is 7. The number of ether oxygens (including phenoxy) is 2. The second-order valence-electron chi connectivity index (χ2n) is 10.8. The highest BCUT2D eigenvalue weighted by Crippen LogP contribution is 2.31. The van der Waals surface area contributed by atoms with Crippen LogP contribution in [0.5, 0.6) is 11.5 Å². The Kier molecular flexibility index (Phi) is 8.22. The smallest absolute Gasteiger partial charge is 0.255 e. The number of pyridine rings is 1. The summed E-state index contributed by atoms with van der Waals surface area (Å²) >= 11 is 0. The van der Waals surface area contributed by atoms with Crippen LogP contribution < -0.4 is 20.1 Å².